The van der Waals surface area contributed by atoms with Crippen molar-refractivity contribution in [2.45, 2.75) is 25.8 Å². The van der Waals surface area contributed by atoms with Crippen molar-refractivity contribution in [3.63, 3.8) is 0 Å². The van der Waals surface area contributed by atoms with Crippen molar-refractivity contribution in [2.75, 3.05) is 19.6 Å². The first kappa shape index (κ1) is 11.0. The Morgan fingerprint density at radius 3 is 2.50 bits per heavy atom. The Kier molecular flexibility index (Phi) is 3.14. The zero-order chi connectivity index (χ0) is 11.5. The maximum Gasteiger partial charge on any atom is 0.467 e. The van der Waals surface area contributed by atoms with Crippen LogP contribution < -0.4 is 5.32 Å². The highest BCUT2D eigenvalue weighted by Crippen LogP contribution is 2.29. The van der Waals surface area contributed by atoms with E-state index >= 15 is 0 Å². The van der Waals surface area contributed by atoms with Crippen LogP contribution in [-0.4, -0.2) is 47.9 Å². The predicted molar refractivity (Wildman–Crippen MR) is 53.1 cm³/mol. The van der Waals surface area contributed by atoms with Gasteiger partial charge in [-0.1, -0.05) is 0 Å². The first-order valence-electron chi connectivity index (χ1n) is 5.42. The van der Waals surface area contributed by atoms with E-state index in [-0.39, 0.29) is 6.04 Å². The largest absolute Gasteiger partial charge is 0.467 e. The zero-order valence-electron chi connectivity index (χ0n) is 9.14. The Balaban J connectivity index is 1.78. The van der Waals surface area contributed by atoms with E-state index in [0.717, 1.165) is 25.9 Å². The molecule has 0 unspecified atom stereocenters. The van der Waals surface area contributed by atoms with E-state index in [0.29, 0.717) is 6.54 Å². The molecule has 2 fully saturated rings. The van der Waals surface area contributed by atoms with Crippen molar-refractivity contribution in [1.29, 1.82) is 0 Å². The molecule has 2 saturated heterocycles. The number of amides is 2. The molecule has 2 aliphatic heterocycles. The highest BCUT2D eigenvalue weighted by atomic mass is 17.2. The molecule has 1 N–H and O–H groups in total. The fraction of sp³-hybridized carbons (Fsp3) is 0.778. The van der Waals surface area contributed by atoms with Gasteiger partial charge < -0.3 is 5.32 Å². The van der Waals surface area contributed by atoms with Gasteiger partial charge in [0.1, 0.15) is 0 Å². The third-order valence-electron chi connectivity index (χ3n) is 2.79. The summed E-state index contributed by atoms with van der Waals surface area (Å²) in [5, 5.41) is 5.80. The maximum absolute atomic E-state index is 11.6. The highest BCUT2D eigenvalue weighted by Gasteiger charge is 2.42. The minimum atomic E-state index is -0.752. The lowest BCUT2D eigenvalue weighted by atomic mass is 10.1. The van der Waals surface area contributed by atoms with Crippen molar-refractivity contribution < 1.29 is 19.4 Å². The van der Waals surface area contributed by atoms with Gasteiger partial charge in [0.2, 0.25) is 0 Å². The van der Waals surface area contributed by atoms with Crippen LogP contribution in [0.2, 0.25) is 0 Å². The molecule has 90 valence electrons. The Morgan fingerprint density at radius 2 is 2.00 bits per heavy atom. The summed E-state index contributed by atoms with van der Waals surface area (Å²) in [5.41, 5.74) is 0. The number of rotatable bonds is 1. The molecule has 2 bridgehead atoms. The fourth-order valence-electron chi connectivity index (χ4n) is 2.09. The van der Waals surface area contributed by atoms with Gasteiger partial charge in [0, 0.05) is 19.6 Å². The first-order valence-corrected chi connectivity index (χ1v) is 5.42. The van der Waals surface area contributed by atoms with E-state index in [9.17, 15) is 9.59 Å². The Morgan fingerprint density at radius 1 is 1.31 bits per heavy atom. The zero-order valence-corrected chi connectivity index (χ0v) is 9.14. The second-order valence-corrected chi connectivity index (χ2v) is 3.78. The molecule has 0 aromatic heterocycles. The van der Waals surface area contributed by atoms with Gasteiger partial charge in [-0.05, 0) is 19.8 Å². The smallest absolute Gasteiger partial charge is 0.319 e. The van der Waals surface area contributed by atoms with Crippen LogP contribution in [-0.2, 0) is 9.78 Å². The normalized spacial score (nSPS) is 26.7. The molecule has 2 aliphatic rings. The molecular formula is C9H15N3O4. The maximum atomic E-state index is 11.6. The van der Waals surface area contributed by atoms with Gasteiger partial charge in [-0.25, -0.2) is 29.4 Å². The molecule has 2 amide bonds. The topological polar surface area (TPSA) is 71.1 Å². The van der Waals surface area contributed by atoms with Crippen molar-refractivity contribution in [1.82, 2.24) is 15.3 Å². The van der Waals surface area contributed by atoms with E-state index in [1.165, 1.54) is 5.01 Å². The minimum absolute atomic E-state index is 0.199. The quantitative estimate of drug-likeness (QED) is 0.523. The summed E-state index contributed by atoms with van der Waals surface area (Å²) < 4.78 is 0. The molecule has 0 aromatic carbocycles. The molecule has 7 nitrogen and oxygen atoms in total. The third-order valence-corrected chi connectivity index (χ3v) is 2.79. The van der Waals surface area contributed by atoms with Gasteiger partial charge in [0.25, 0.3) is 0 Å². The number of hydrogen-bond acceptors (Lipinski definition) is 5. The summed E-state index contributed by atoms with van der Waals surface area (Å²) in [6.07, 6.45) is 0.538. The van der Waals surface area contributed by atoms with Crippen LogP contribution in [0.25, 0.3) is 0 Å². The van der Waals surface area contributed by atoms with Crippen LogP contribution in [0.1, 0.15) is 19.8 Å². The molecule has 16 heavy (non-hydrogen) atoms. The number of fused-ring (bicyclic) bond motifs is 2. The van der Waals surface area contributed by atoms with E-state index in [1.54, 1.807) is 6.92 Å². The number of carbonyl (C=O) groups is 2. The van der Waals surface area contributed by atoms with Gasteiger partial charge in [-0.2, -0.15) is 0 Å². The van der Waals surface area contributed by atoms with Gasteiger partial charge >= 0.3 is 12.2 Å². The average molecular weight is 229 g/mol. The summed E-state index contributed by atoms with van der Waals surface area (Å²) in [6, 6.07) is 0.199. The van der Waals surface area contributed by atoms with Crippen molar-refractivity contribution >= 4 is 12.2 Å². The van der Waals surface area contributed by atoms with Crippen LogP contribution in [0.4, 0.5) is 9.59 Å². The molecule has 0 saturated carbocycles. The molecule has 0 spiro atoms. The summed E-state index contributed by atoms with van der Waals surface area (Å²) >= 11 is 0. The number of carbonyl (C=O) groups excluding carboxylic acids is 2. The highest BCUT2D eigenvalue weighted by molar-refractivity contribution is 5.71. The molecular weight excluding hydrogens is 214 g/mol. The summed E-state index contributed by atoms with van der Waals surface area (Å²) in [5.74, 6) is 0. The number of nitrogens with one attached hydrogen (secondary N) is 1. The summed E-state index contributed by atoms with van der Waals surface area (Å²) in [4.78, 5) is 31.2. The molecule has 0 radical (unpaired) electrons. The molecule has 0 aromatic rings. The summed E-state index contributed by atoms with van der Waals surface area (Å²) in [6.45, 7) is 3.90. The number of hydrazine groups is 1. The number of nitrogens with zero attached hydrogens (tertiary/aromatic N) is 2. The molecule has 2 rings (SSSR count). The van der Waals surface area contributed by atoms with Crippen LogP contribution in [0.5, 0.6) is 0 Å². The van der Waals surface area contributed by atoms with Gasteiger partial charge in [0.05, 0.1) is 6.04 Å². The lowest BCUT2D eigenvalue weighted by molar-refractivity contribution is -0.196. The van der Waals surface area contributed by atoms with Crippen LogP contribution in [0, 0.1) is 0 Å². The van der Waals surface area contributed by atoms with E-state index < -0.39 is 12.2 Å². The van der Waals surface area contributed by atoms with Gasteiger partial charge in [-0.15, -0.1) is 0 Å². The van der Waals surface area contributed by atoms with Gasteiger partial charge in [-0.3, -0.25) is 0 Å². The fourth-order valence-corrected chi connectivity index (χ4v) is 2.09. The van der Waals surface area contributed by atoms with E-state index in [4.69, 9.17) is 0 Å². The first-order chi connectivity index (χ1) is 7.72. The van der Waals surface area contributed by atoms with Crippen LogP contribution >= 0.6 is 0 Å². The van der Waals surface area contributed by atoms with E-state index in [1.807, 2.05) is 5.01 Å². The summed E-state index contributed by atoms with van der Waals surface area (Å²) in [7, 11) is 0. The average Bonchev–Trinajstić information content (AvgIpc) is 2.86. The second-order valence-electron chi connectivity index (χ2n) is 3.78. The number of hydrogen-bond donors (Lipinski definition) is 1. The van der Waals surface area contributed by atoms with Crippen molar-refractivity contribution in [3.05, 3.63) is 0 Å². The van der Waals surface area contributed by atoms with Gasteiger partial charge in [0.15, 0.2) is 0 Å². The second kappa shape index (κ2) is 4.56. The van der Waals surface area contributed by atoms with E-state index in [2.05, 4.69) is 15.1 Å². The minimum Gasteiger partial charge on any atom is -0.319 e. The third kappa shape index (κ3) is 2.04. The monoisotopic (exact) mass is 229 g/mol. The Hall–Kier alpha value is -1.50. The molecule has 0 atom stereocenters. The van der Waals surface area contributed by atoms with Crippen molar-refractivity contribution in [3.8, 4) is 0 Å². The Bertz CT molecular complexity index is 276. The Labute approximate surface area is 93.2 Å². The molecule has 0 aliphatic carbocycles. The van der Waals surface area contributed by atoms with Crippen LogP contribution in [0.3, 0.4) is 0 Å². The predicted octanol–water partition coefficient (Wildman–Crippen LogP) is 0.479. The lowest BCUT2D eigenvalue weighted by Crippen LogP contribution is -2.40. The molecule has 7 heteroatoms. The standard InChI is InChI=1S/C9H15N3O4/c1-2-10-8(13)15-16-9(14)12-7-3-5-11(12)6-4-7/h7H,2-6H2,1H3,(H,10,13). The van der Waals surface area contributed by atoms with Crippen molar-refractivity contribution in [2.24, 2.45) is 0 Å². The lowest BCUT2D eigenvalue weighted by Gasteiger charge is -2.21. The number of piperidine rings is 1. The molecule has 2 heterocycles. The van der Waals surface area contributed by atoms with Crippen LogP contribution in [0.15, 0.2) is 0 Å². The SMILES string of the molecule is CCNC(=O)OOC(=O)N1C2CCN1CC2.